The minimum Gasteiger partial charge on any atom is -0.304 e. The monoisotopic (exact) mass is 252 g/mol. The van der Waals surface area contributed by atoms with E-state index in [4.69, 9.17) is 0 Å². The van der Waals surface area contributed by atoms with E-state index in [9.17, 15) is 8.42 Å². The molecule has 1 aromatic heterocycles. The van der Waals surface area contributed by atoms with Crippen LogP contribution in [0.25, 0.3) is 10.9 Å². The molecule has 1 aromatic carbocycles. The van der Waals surface area contributed by atoms with Crippen LogP contribution in [0, 0.1) is 0 Å². The Morgan fingerprint density at radius 2 is 1.88 bits per heavy atom. The molecule has 5 heteroatoms. The fraction of sp³-hybridized carbons (Fsp3) is 0.333. The van der Waals surface area contributed by atoms with Crippen molar-refractivity contribution in [3.63, 3.8) is 0 Å². The summed E-state index contributed by atoms with van der Waals surface area (Å²) in [6.07, 6.45) is 1.23. The molecule has 0 aliphatic heterocycles. The van der Waals surface area contributed by atoms with E-state index in [0.29, 0.717) is 6.54 Å². The second kappa shape index (κ2) is 4.16. The predicted octanol–water partition coefficient (Wildman–Crippen LogP) is 1.51. The van der Waals surface area contributed by atoms with Crippen molar-refractivity contribution in [2.75, 3.05) is 20.4 Å². The van der Waals surface area contributed by atoms with E-state index in [2.05, 4.69) is 0 Å². The van der Waals surface area contributed by atoms with Crippen molar-refractivity contribution in [3.8, 4) is 0 Å². The molecule has 0 saturated heterocycles. The highest BCUT2D eigenvalue weighted by Crippen LogP contribution is 2.22. The van der Waals surface area contributed by atoms with Gasteiger partial charge >= 0.3 is 0 Å². The summed E-state index contributed by atoms with van der Waals surface area (Å²) in [5.74, 6) is 0. The van der Waals surface area contributed by atoms with Gasteiger partial charge in [-0.1, -0.05) is 18.2 Å². The molecule has 0 aliphatic carbocycles. The number of fused-ring (bicyclic) bond motifs is 1. The zero-order valence-electron chi connectivity index (χ0n) is 10.2. The van der Waals surface area contributed by atoms with Gasteiger partial charge < -0.3 is 4.90 Å². The van der Waals surface area contributed by atoms with Crippen LogP contribution in [-0.2, 0) is 16.6 Å². The Hall–Kier alpha value is -1.33. The number of hydrogen-bond acceptors (Lipinski definition) is 3. The molecule has 17 heavy (non-hydrogen) atoms. The number of rotatable bonds is 3. The molecular weight excluding hydrogens is 236 g/mol. The van der Waals surface area contributed by atoms with Crippen molar-refractivity contribution in [1.82, 2.24) is 8.87 Å². The molecule has 0 aliphatic rings. The Kier molecular flexibility index (Phi) is 2.97. The highest BCUT2D eigenvalue weighted by atomic mass is 32.2. The van der Waals surface area contributed by atoms with Gasteiger partial charge in [-0.3, -0.25) is 0 Å². The molecule has 2 aromatic rings. The maximum Gasteiger partial charge on any atom is 0.236 e. The largest absolute Gasteiger partial charge is 0.304 e. The van der Waals surface area contributed by atoms with E-state index in [1.807, 2.05) is 49.3 Å². The maximum atomic E-state index is 11.9. The lowest BCUT2D eigenvalue weighted by Gasteiger charge is -2.12. The summed E-state index contributed by atoms with van der Waals surface area (Å²) in [5.41, 5.74) is 1.53. The van der Waals surface area contributed by atoms with Gasteiger partial charge in [-0.2, -0.15) is 0 Å². The van der Waals surface area contributed by atoms with Crippen molar-refractivity contribution in [3.05, 3.63) is 36.0 Å². The smallest absolute Gasteiger partial charge is 0.236 e. The van der Waals surface area contributed by atoms with E-state index in [1.54, 1.807) is 0 Å². The number of benzene rings is 1. The minimum absolute atomic E-state index is 0.599. The summed E-state index contributed by atoms with van der Waals surface area (Å²) in [6.45, 7) is 0.599. The fourth-order valence-electron chi connectivity index (χ4n) is 2.01. The summed E-state index contributed by atoms with van der Waals surface area (Å²) < 4.78 is 25.1. The average Bonchev–Trinajstić information content (AvgIpc) is 2.53. The summed E-state index contributed by atoms with van der Waals surface area (Å²) in [4.78, 5) is 1.95. The van der Waals surface area contributed by atoms with Crippen LogP contribution >= 0.6 is 0 Å². The van der Waals surface area contributed by atoms with Gasteiger partial charge in [-0.05, 0) is 26.2 Å². The molecule has 2 rings (SSSR count). The standard InChI is InChI=1S/C12H16N2O2S/c1-13(2)9-11-8-10-6-4-5-7-12(10)14(11)17(3,15)16/h4-8H,9H2,1-3H3. The lowest BCUT2D eigenvalue weighted by atomic mass is 10.2. The summed E-state index contributed by atoms with van der Waals surface area (Å²) in [5, 5.41) is 0.953. The highest BCUT2D eigenvalue weighted by molar-refractivity contribution is 7.89. The predicted molar refractivity (Wildman–Crippen MR) is 69.6 cm³/mol. The Morgan fingerprint density at radius 3 is 2.47 bits per heavy atom. The van der Waals surface area contributed by atoms with Gasteiger partial charge in [0.25, 0.3) is 0 Å². The Labute approximate surface area is 102 Å². The zero-order valence-corrected chi connectivity index (χ0v) is 11.0. The molecule has 0 N–H and O–H groups in total. The molecule has 4 nitrogen and oxygen atoms in total. The quantitative estimate of drug-likeness (QED) is 0.831. The summed E-state index contributed by atoms with van der Waals surface area (Å²) >= 11 is 0. The fourth-order valence-corrected chi connectivity index (χ4v) is 3.07. The van der Waals surface area contributed by atoms with E-state index in [-0.39, 0.29) is 0 Å². The number of para-hydroxylation sites is 1. The van der Waals surface area contributed by atoms with Gasteiger partial charge in [0.15, 0.2) is 0 Å². The third-order valence-corrected chi connectivity index (χ3v) is 3.64. The Bertz CT molecular complexity index is 642. The summed E-state index contributed by atoms with van der Waals surface area (Å²) in [6, 6.07) is 9.44. The topological polar surface area (TPSA) is 42.3 Å². The van der Waals surface area contributed by atoms with Gasteiger partial charge in [-0.25, -0.2) is 12.4 Å². The van der Waals surface area contributed by atoms with E-state index < -0.39 is 10.0 Å². The van der Waals surface area contributed by atoms with Gasteiger partial charge in [0, 0.05) is 17.6 Å². The van der Waals surface area contributed by atoms with Crippen LogP contribution in [0.2, 0.25) is 0 Å². The van der Waals surface area contributed by atoms with Gasteiger partial charge in [-0.15, -0.1) is 0 Å². The first-order valence-electron chi connectivity index (χ1n) is 5.34. The normalized spacial score (nSPS) is 12.5. The number of aromatic nitrogens is 1. The zero-order chi connectivity index (χ0) is 12.6. The second-order valence-electron chi connectivity index (χ2n) is 4.46. The molecule has 0 bridgehead atoms. The molecule has 0 atom stereocenters. The lowest BCUT2D eigenvalue weighted by molar-refractivity contribution is 0.396. The third-order valence-electron chi connectivity index (χ3n) is 2.55. The van der Waals surface area contributed by atoms with E-state index in [0.717, 1.165) is 16.6 Å². The van der Waals surface area contributed by atoms with Crippen molar-refractivity contribution in [1.29, 1.82) is 0 Å². The molecule has 0 unspecified atom stereocenters. The van der Waals surface area contributed by atoms with Crippen molar-refractivity contribution < 1.29 is 8.42 Å². The van der Waals surface area contributed by atoms with Crippen LogP contribution in [0.15, 0.2) is 30.3 Å². The molecule has 0 radical (unpaired) electrons. The van der Waals surface area contributed by atoms with Crippen LogP contribution in [0.5, 0.6) is 0 Å². The Balaban J connectivity index is 2.74. The van der Waals surface area contributed by atoms with Crippen LogP contribution in [0.1, 0.15) is 5.69 Å². The average molecular weight is 252 g/mol. The number of nitrogens with zero attached hydrogens (tertiary/aromatic N) is 2. The minimum atomic E-state index is -3.27. The third kappa shape index (κ3) is 2.35. The van der Waals surface area contributed by atoms with Gasteiger partial charge in [0.1, 0.15) is 0 Å². The SMILES string of the molecule is CN(C)Cc1cc2ccccc2n1S(C)(=O)=O. The van der Waals surface area contributed by atoms with Gasteiger partial charge in [0.2, 0.25) is 10.0 Å². The summed E-state index contributed by atoms with van der Waals surface area (Å²) in [7, 11) is 0.569. The van der Waals surface area contributed by atoms with Crippen LogP contribution in [0.3, 0.4) is 0 Å². The molecule has 1 heterocycles. The molecular formula is C12H16N2O2S. The highest BCUT2D eigenvalue weighted by Gasteiger charge is 2.16. The maximum absolute atomic E-state index is 11.9. The molecule has 0 fully saturated rings. The van der Waals surface area contributed by atoms with Crippen molar-refractivity contribution >= 4 is 20.9 Å². The Morgan fingerprint density at radius 1 is 1.24 bits per heavy atom. The first-order chi connectivity index (χ1) is 7.89. The molecule has 0 amide bonds. The van der Waals surface area contributed by atoms with Gasteiger partial charge in [0.05, 0.1) is 11.8 Å². The van der Waals surface area contributed by atoms with Crippen molar-refractivity contribution in [2.24, 2.45) is 0 Å². The van der Waals surface area contributed by atoms with Crippen LogP contribution in [0.4, 0.5) is 0 Å². The number of hydrogen-bond donors (Lipinski definition) is 0. The van der Waals surface area contributed by atoms with E-state index in [1.165, 1.54) is 10.2 Å². The van der Waals surface area contributed by atoms with Crippen LogP contribution < -0.4 is 0 Å². The first-order valence-corrected chi connectivity index (χ1v) is 7.19. The van der Waals surface area contributed by atoms with E-state index >= 15 is 0 Å². The molecule has 92 valence electrons. The van der Waals surface area contributed by atoms with Crippen LogP contribution in [-0.4, -0.2) is 37.6 Å². The first kappa shape index (κ1) is 12.1. The van der Waals surface area contributed by atoms with Crippen molar-refractivity contribution in [2.45, 2.75) is 6.54 Å². The molecule has 0 spiro atoms. The lowest BCUT2D eigenvalue weighted by Crippen LogP contribution is -2.18. The molecule has 0 saturated carbocycles. The second-order valence-corrected chi connectivity index (χ2v) is 6.29.